The Morgan fingerprint density at radius 3 is 1.13 bits per heavy atom. The lowest BCUT2D eigenvalue weighted by Gasteiger charge is -2.33. The average molecular weight is 1460 g/mol. The van der Waals surface area contributed by atoms with Crippen molar-refractivity contribution < 1.29 is 9.13 Å². The van der Waals surface area contributed by atoms with E-state index < -0.39 is 23.0 Å². The van der Waals surface area contributed by atoms with E-state index in [9.17, 15) is 0 Å². The van der Waals surface area contributed by atoms with Crippen molar-refractivity contribution in [1.29, 1.82) is 0 Å². The second-order valence-electron chi connectivity index (χ2n) is 28.0. The fourth-order valence-electron chi connectivity index (χ4n) is 16.4. The normalized spacial score (nSPS) is 16.9. The van der Waals surface area contributed by atoms with Crippen molar-refractivity contribution >= 4 is 95.7 Å². The highest BCUT2D eigenvalue weighted by Gasteiger charge is 2.51. The molecular weight excluding hydrogens is 1380 g/mol. The molecule has 109 heavy (non-hydrogen) atoms. The zero-order chi connectivity index (χ0) is 72.8. The van der Waals surface area contributed by atoms with E-state index >= 15 is 9.13 Å². The third-order valence-electron chi connectivity index (χ3n) is 21.4. The summed E-state index contributed by atoms with van der Waals surface area (Å²) in [6.45, 7) is 0. The van der Waals surface area contributed by atoms with Gasteiger partial charge in [-0.1, -0.05) is 279 Å². The molecule has 0 saturated heterocycles. The SMILES string of the molecule is O=P1(c2cccc(-c3cc(-c4cccc(P5N(c6ccccc6)c6ccccc6N5c5cccc(-c6ccccc6)c5)c4)cc(-c4cccc(P5(=O)N(c6ccccc6)c6ccccc6N5c5cccc(-c6ccccc6)c5)c4)c3)c2)C(CCc2ccccc2)c2ccccc2N1c1cccc(-c2ccccc2)c1. The fourth-order valence-corrected chi connectivity index (χ4v) is 25.5. The molecule has 16 aromatic carbocycles. The first-order chi connectivity index (χ1) is 53.8. The zero-order valence-corrected chi connectivity index (χ0v) is 62.4. The Balaban J connectivity index is 0.805. The molecular formula is C99H74N5O2P3. The lowest BCUT2D eigenvalue weighted by Crippen LogP contribution is -2.26. The van der Waals surface area contributed by atoms with Crippen molar-refractivity contribution in [3.8, 4) is 66.8 Å². The first kappa shape index (κ1) is 67.0. The van der Waals surface area contributed by atoms with Gasteiger partial charge in [0.25, 0.3) is 0 Å². The quantitative estimate of drug-likeness (QED) is 0.0842. The van der Waals surface area contributed by atoms with Gasteiger partial charge in [-0.2, -0.15) is 0 Å². The lowest BCUT2D eigenvalue weighted by molar-refractivity contribution is 0.570. The summed E-state index contributed by atoms with van der Waals surface area (Å²) in [5.41, 5.74) is 23.9. The van der Waals surface area contributed by atoms with E-state index in [1.54, 1.807) is 0 Å². The monoisotopic (exact) mass is 1460 g/mol. The number of hydrogen-bond acceptors (Lipinski definition) is 4. The molecule has 3 aliphatic rings. The number of aryl methyl sites for hydroxylation is 1. The maximum Gasteiger partial charge on any atom is 0.301 e. The standard InChI is InChI=1S/C99H74N5O2P3/c105-108(99(62-61-72-31-7-1-8-32-72)93-55-19-20-56-94(93)102(108)88-50-26-40-77(67-88)74-35-11-3-12-36-74)91-53-29-43-80(70-91)83-63-82(79-42-28-52-90(69-79)107-100(85-45-15-5-16-46-85)95-57-21-22-58-96(95)101(107)87-49-25-39-76(66-87)73-33-9-2-10-34-73)64-84(65-83)81-44-30-54-92(71-81)109(106)103(86-47-17-6-18-48-86)97-59-23-24-60-98(97)104(109)89-51-27-41-78(68-89)75-37-13-4-14-38-75/h1-60,63-71,99H,61-62H2. The summed E-state index contributed by atoms with van der Waals surface area (Å²) in [6, 6.07) is 148. The van der Waals surface area contributed by atoms with Crippen LogP contribution in [0.5, 0.6) is 0 Å². The fraction of sp³-hybridized carbons (Fsp3) is 0.0303. The van der Waals surface area contributed by atoms with Gasteiger partial charge in [0.1, 0.15) is 8.22 Å². The summed E-state index contributed by atoms with van der Waals surface area (Å²) in [5, 5.41) is 2.60. The first-order valence-corrected chi connectivity index (χ1v) is 41.8. The van der Waals surface area contributed by atoms with Crippen LogP contribution in [-0.4, -0.2) is 0 Å². The third kappa shape index (κ3) is 12.2. The second-order valence-corrected chi connectivity index (χ2v) is 35.0. The molecule has 0 fully saturated rings. The molecule has 0 radical (unpaired) electrons. The number of hydrogen-bond donors (Lipinski definition) is 0. The molecule has 0 aliphatic carbocycles. The van der Waals surface area contributed by atoms with Crippen molar-refractivity contribution in [2.75, 3.05) is 23.4 Å². The predicted octanol–water partition coefficient (Wildman–Crippen LogP) is 26.9. The van der Waals surface area contributed by atoms with Crippen molar-refractivity contribution in [3.63, 3.8) is 0 Å². The highest BCUT2D eigenvalue weighted by atomic mass is 31.2. The minimum Gasteiger partial charge on any atom is -0.297 e. The molecule has 16 aromatic rings. The van der Waals surface area contributed by atoms with Gasteiger partial charge in [0.2, 0.25) is 7.29 Å². The van der Waals surface area contributed by atoms with Crippen LogP contribution >= 0.6 is 23.0 Å². The van der Waals surface area contributed by atoms with Gasteiger partial charge in [-0.05, 0) is 230 Å². The summed E-state index contributed by atoms with van der Waals surface area (Å²) in [7, 11) is -8.91. The van der Waals surface area contributed by atoms with Gasteiger partial charge in [0.15, 0.2) is 0 Å². The molecule has 0 spiro atoms. The van der Waals surface area contributed by atoms with Gasteiger partial charge < -0.3 is 0 Å². The Labute approximate surface area is 639 Å². The molecule has 0 amide bonds. The van der Waals surface area contributed by atoms with Crippen molar-refractivity contribution in [1.82, 2.24) is 0 Å². The minimum absolute atomic E-state index is 0.341. The van der Waals surface area contributed by atoms with Crippen molar-refractivity contribution in [2.45, 2.75) is 18.5 Å². The topological polar surface area (TPSA) is 50.3 Å². The number of nitrogens with zero attached hydrogens (tertiary/aromatic N) is 5. The van der Waals surface area contributed by atoms with Gasteiger partial charge in [-0.15, -0.1) is 0 Å². The van der Waals surface area contributed by atoms with Gasteiger partial charge in [0, 0.05) is 33.4 Å². The molecule has 19 rings (SSSR count). The Hall–Kier alpha value is -12.6. The van der Waals surface area contributed by atoms with E-state index in [0.29, 0.717) is 11.7 Å². The van der Waals surface area contributed by atoms with Crippen LogP contribution in [0.15, 0.2) is 419 Å². The number of fused-ring (bicyclic) bond motifs is 3. The smallest absolute Gasteiger partial charge is 0.297 e. The van der Waals surface area contributed by atoms with Crippen molar-refractivity contribution in [2.24, 2.45) is 0 Å². The minimum atomic E-state index is -3.91. The zero-order valence-electron chi connectivity index (χ0n) is 59.7. The molecule has 7 nitrogen and oxygen atoms in total. The van der Waals surface area contributed by atoms with E-state index in [4.69, 9.17) is 0 Å². The van der Waals surface area contributed by atoms with Crippen LogP contribution in [0.1, 0.15) is 23.2 Å². The number of benzene rings is 16. The van der Waals surface area contributed by atoms with E-state index in [0.717, 1.165) is 146 Å². The number of para-hydroxylation sites is 7. The van der Waals surface area contributed by atoms with E-state index in [1.165, 1.54) is 5.56 Å². The molecule has 3 heterocycles. The Morgan fingerprint density at radius 1 is 0.248 bits per heavy atom. The summed E-state index contributed by atoms with van der Waals surface area (Å²) in [6.07, 6.45) is 1.42. The molecule has 4 unspecified atom stereocenters. The Kier molecular flexibility index (Phi) is 17.6. The van der Waals surface area contributed by atoms with Crippen molar-refractivity contribution in [3.05, 3.63) is 430 Å². The van der Waals surface area contributed by atoms with Crippen LogP contribution in [0.25, 0.3) is 66.8 Å². The van der Waals surface area contributed by atoms with E-state index in [2.05, 4.69) is 393 Å². The van der Waals surface area contributed by atoms with Gasteiger partial charge >= 0.3 is 7.44 Å². The largest absolute Gasteiger partial charge is 0.301 e. The third-order valence-corrected chi connectivity index (χ3v) is 30.2. The van der Waals surface area contributed by atoms with E-state index in [-0.39, 0.29) is 5.66 Å². The summed E-state index contributed by atoms with van der Waals surface area (Å²) in [5.74, 6) is 0. The summed E-state index contributed by atoms with van der Waals surface area (Å²) < 4.78 is 47.1. The van der Waals surface area contributed by atoms with Crippen LogP contribution in [0.2, 0.25) is 0 Å². The maximum atomic E-state index is 17.9. The first-order valence-electron chi connectivity index (χ1n) is 37.2. The van der Waals surface area contributed by atoms with Crippen LogP contribution in [0, 0.1) is 0 Å². The van der Waals surface area contributed by atoms with Gasteiger partial charge in [-0.25, -0.2) is 0 Å². The van der Waals surface area contributed by atoms with Crippen LogP contribution in [0.4, 0.5) is 56.9 Å². The number of anilines is 10. The highest BCUT2D eigenvalue weighted by Crippen LogP contribution is 2.74. The molecule has 3 aliphatic heterocycles. The number of rotatable bonds is 17. The Bertz CT molecular complexity index is 6150. The molecule has 0 aromatic heterocycles. The van der Waals surface area contributed by atoms with Gasteiger partial charge in [0.05, 0.1) is 45.1 Å². The van der Waals surface area contributed by atoms with Crippen LogP contribution < -0.4 is 39.3 Å². The van der Waals surface area contributed by atoms with Crippen LogP contribution in [0.3, 0.4) is 0 Å². The molecule has 0 saturated carbocycles. The Morgan fingerprint density at radius 2 is 0.596 bits per heavy atom. The molecule has 4 atom stereocenters. The molecule has 0 bridgehead atoms. The maximum absolute atomic E-state index is 17.9. The molecule has 0 N–H and O–H groups in total. The van der Waals surface area contributed by atoms with E-state index in [1.807, 2.05) is 48.5 Å². The highest BCUT2D eigenvalue weighted by molar-refractivity contribution is 7.76. The summed E-state index contributed by atoms with van der Waals surface area (Å²) >= 11 is 0. The molecule has 10 heteroatoms. The molecule has 522 valence electrons. The lowest BCUT2D eigenvalue weighted by atomic mass is 9.93. The van der Waals surface area contributed by atoms with Crippen LogP contribution in [-0.2, 0) is 15.6 Å². The summed E-state index contributed by atoms with van der Waals surface area (Å²) in [4.78, 5) is 0. The average Bonchev–Trinajstić information content (AvgIpc) is 1.57. The second kappa shape index (κ2) is 28.6. The predicted molar refractivity (Wildman–Crippen MR) is 460 cm³/mol. The van der Waals surface area contributed by atoms with Gasteiger partial charge in [-0.3, -0.25) is 32.5 Å².